The molecule has 1 saturated heterocycles. The lowest BCUT2D eigenvalue weighted by molar-refractivity contribution is -0.121. The maximum atomic E-state index is 12.7. The lowest BCUT2D eigenvalue weighted by atomic mass is 9.96. The summed E-state index contributed by atoms with van der Waals surface area (Å²) in [4.78, 5) is 26.5. The van der Waals surface area contributed by atoms with Crippen molar-refractivity contribution in [3.8, 4) is 0 Å². The third-order valence-electron chi connectivity index (χ3n) is 4.73. The van der Waals surface area contributed by atoms with E-state index in [1.165, 1.54) is 12.5 Å². The van der Waals surface area contributed by atoms with Crippen molar-refractivity contribution in [1.29, 1.82) is 0 Å². The topological polar surface area (TPSA) is 49.4 Å². The zero-order valence-electron chi connectivity index (χ0n) is 14.9. The van der Waals surface area contributed by atoms with Crippen LogP contribution >= 0.6 is 11.6 Å². The Morgan fingerprint density at radius 2 is 1.96 bits per heavy atom. The van der Waals surface area contributed by atoms with E-state index in [4.69, 9.17) is 11.6 Å². The number of anilines is 1. The van der Waals surface area contributed by atoms with Gasteiger partial charge in [-0.3, -0.25) is 14.5 Å². The van der Waals surface area contributed by atoms with Crippen LogP contribution in [0.1, 0.15) is 35.7 Å². The summed E-state index contributed by atoms with van der Waals surface area (Å²) in [6.07, 6.45) is 1.88. The van der Waals surface area contributed by atoms with Crippen molar-refractivity contribution in [3.05, 3.63) is 64.7 Å². The Hall–Kier alpha value is -2.17. The zero-order valence-corrected chi connectivity index (χ0v) is 15.6. The summed E-state index contributed by atoms with van der Waals surface area (Å²) < 4.78 is 0. The van der Waals surface area contributed by atoms with Crippen LogP contribution in [0.5, 0.6) is 0 Å². The lowest BCUT2D eigenvalue weighted by Gasteiger charge is -2.32. The van der Waals surface area contributed by atoms with Crippen LogP contribution in [0.3, 0.4) is 0 Å². The SMILES string of the molecule is CC(=O)c1cccc(NC(=O)C2CCCN(Cc3ccc(Cl)cc3)C2)c1. The first-order chi connectivity index (χ1) is 12.5. The second kappa shape index (κ2) is 8.47. The third kappa shape index (κ3) is 4.93. The highest BCUT2D eigenvalue weighted by Gasteiger charge is 2.26. The van der Waals surface area contributed by atoms with E-state index in [1.807, 2.05) is 30.3 Å². The van der Waals surface area contributed by atoms with Gasteiger partial charge in [0.2, 0.25) is 5.91 Å². The molecule has 5 heteroatoms. The fourth-order valence-electron chi connectivity index (χ4n) is 3.32. The van der Waals surface area contributed by atoms with Crippen molar-refractivity contribution in [2.24, 2.45) is 5.92 Å². The molecular weight excluding hydrogens is 348 g/mol. The average Bonchev–Trinajstić information content (AvgIpc) is 2.64. The van der Waals surface area contributed by atoms with Crippen LogP contribution < -0.4 is 5.32 Å². The summed E-state index contributed by atoms with van der Waals surface area (Å²) >= 11 is 5.94. The van der Waals surface area contributed by atoms with Gasteiger partial charge in [0.05, 0.1) is 5.92 Å². The summed E-state index contributed by atoms with van der Waals surface area (Å²) in [5.74, 6) is -0.0311. The molecule has 0 aromatic heterocycles. The number of ketones is 1. The van der Waals surface area contributed by atoms with E-state index in [0.29, 0.717) is 11.3 Å². The number of nitrogens with zero attached hydrogens (tertiary/aromatic N) is 1. The first kappa shape index (κ1) is 18.6. The molecular formula is C21H23ClN2O2. The van der Waals surface area contributed by atoms with Gasteiger partial charge < -0.3 is 5.32 Å². The highest BCUT2D eigenvalue weighted by molar-refractivity contribution is 6.30. The number of carbonyl (C=O) groups is 2. The number of likely N-dealkylation sites (tertiary alicyclic amines) is 1. The summed E-state index contributed by atoms with van der Waals surface area (Å²) in [7, 11) is 0. The molecule has 26 heavy (non-hydrogen) atoms. The van der Waals surface area contributed by atoms with Crippen LogP contribution in [-0.2, 0) is 11.3 Å². The summed E-state index contributed by atoms with van der Waals surface area (Å²) in [6.45, 7) is 4.07. The summed E-state index contributed by atoms with van der Waals surface area (Å²) in [5, 5.41) is 3.70. The predicted octanol–water partition coefficient (Wildman–Crippen LogP) is 4.39. The number of halogens is 1. The maximum Gasteiger partial charge on any atom is 0.228 e. The molecule has 1 atom stereocenters. The number of rotatable bonds is 5. The van der Waals surface area contributed by atoms with Crippen molar-refractivity contribution in [1.82, 2.24) is 4.90 Å². The average molecular weight is 371 g/mol. The van der Waals surface area contributed by atoms with E-state index < -0.39 is 0 Å². The maximum absolute atomic E-state index is 12.7. The van der Waals surface area contributed by atoms with E-state index in [2.05, 4.69) is 10.2 Å². The molecule has 2 aromatic carbocycles. The molecule has 1 N–H and O–H groups in total. The predicted molar refractivity (Wildman–Crippen MR) is 105 cm³/mol. The normalized spacial score (nSPS) is 17.7. The Morgan fingerprint density at radius 3 is 2.69 bits per heavy atom. The van der Waals surface area contributed by atoms with E-state index in [9.17, 15) is 9.59 Å². The van der Waals surface area contributed by atoms with Gasteiger partial charge in [0.1, 0.15) is 0 Å². The Balaban J connectivity index is 1.60. The summed E-state index contributed by atoms with van der Waals surface area (Å²) in [6, 6.07) is 14.9. The number of nitrogens with one attached hydrogen (secondary N) is 1. The number of amides is 1. The number of carbonyl (C=O) groups excluding carboxylic acids is 2. The largest absolute Gasteiger partial charge is 0.326 e. The minimum atomic E-state index is -0.0444. The zero-order chi connectivity index (χ0) is 18.5. The van der Waals surface area contributed by atoms with Crippen LogP contribution in [0.4, 0.5) is 5.69 Å². The smallest absolute Gasteiger partial charge is 0.228 e. The first-order valence-corrected chi connectivity index (χ1v) is 9.28. The Kier molecular flexibility index (Phi) is 6.07. The van der Waals surface area contributed by atoms with Crippen LogP contribution in [0.15, 0.2) is 48.5 Å². The minimum absolute atomic E-state index is 0.00657. The fraction of sp³-hybridized carbons (Fsp3) is 0.333. The molecule has 2 aromatic rings. The second-order valence-electron chi connectivity index (χ2n) is 6.83. The summed E-state index contributed by atoms with van der Waals surface area (Å²) in [5.41, 5.74) is 2.48. The van der Waals surface area contributed by atoms with Crippen molar-refractivity contribution >= 4 is 29.0 Å². The van der Waals surface area contributed by atoms with Gasteiger partial charge in [0, 0.05) is 29.4 Å². The van der Waals surface area contributed by atoms with Crippen LogP contribution in [-0.4, -0.2) is 29.7 Å². The van der Waals surface area contributed by atoms with Crippen LogP contribution in [0.25, 0.3) is 0 Å². The van der Waals surface area contributed by atoms with Gasteiger partial charge >= 0.3 is 0 Å². The molecule has 1 fully saturated rings. The monoisotopic (exact) mass is 370 g/mol. The van der Waals surface area contributed by atoms with Crippen LogP contribution in [0.2, 0.25) is 5.02 Å². The van der Waals surface area contributed by atoms with Gasteiger partial charge in [-0.1, -0.05) is 35.9 Å². The molecule has 0 radical (unpaired) electrons. The molecule has 0 aliphatic carbocycles. The molecule has 1 amide bonds. The molecule has 0 bridgehead atoms. The number of piperidine rings is 1. The molecule has 136 valence electrons. The van der Waals surface area contributed by atoms with Crippen molar-refractivity contribution in [2.45, 2.75) is 26.3 Å². The van der Waals surface area contributed by atoms with E-state index in [-0.39, 0.29) is 17.6 Å². The van der Waals surface area contributed by atoms with Crippen molar-refractivity contribution in [3.63, 3.8) is 0 Å². The third-order valence-corrected chi connectivity index (χ3v) is 4.98. The molecule has 3 rings (SSSR count). The molecule has 4 nitrogen and oxygen atoms in total. The Bertz CT molecular complexity index is 789. The quantitative estimate of drug-likeness (QED) is 0.794. The highest BCUT2D eigenvalue weighted by Crippen LogP contribution is 2.21. The lowest BCUT2D eigenvalue weighted by Crippen LogP contribution is -2.40. The molecule has 1 aliphatic rings. The molecule has 1 aliphatic heterocycles. The number of Topliss-reactive ketones (excluding diaryl/α,β-unsaturated/α-hetero) is 1. The van der Waals surface area contributed by atoms with Gasteiger partial charge in [-0.05, 0) is 56.1 Å². The molecule has 1 unspecified atom stereocenters. The van der Waals surface area contributed by atoms with E-state index in [0.717, 1.165) is 37.5 Å². The van der Waals surface area contributed by atoms with Gasteiger partial charge in [-0.2, -0.15) is 0 Å². The standard InChI is InChI=1S/C21H23ClN2O2/c1-15(25)17-4-2-6-20(12-17)23-21(26)18-5-3-11-24(14-18)13-16-7-9-19(22)10-8-16/h2,4,6-10,12,18H,3,5,11,13-14H2,1H3,(H,23,26). The van der Waals surface area contributed by atoms with Gasteiger partial charge in [-0.25, -0.2) is 0 Å². The van der Waals surface area contributed by atoms with Gasteiger partial charge in [0.15, 0.2) is 5.78 Å². The molecule has 0 spiro atoms. The first-order valence-electron chi connectivity index (χ1n) is 8.90. The van der Waals surface area contributed by atoms with E-state index in [1.54, 1.807) is 18.2 Å². The van der Waals surface area contributed by atoms with E-state index >= 15 is 0 Å². The second-order valence-corrected chi connectivity index (χ2v) is 7.26. The fourth-order valence-corrected chi connectivity index (χ4v) is 3.45. The van der Waals surface area contributed by atoms with Crippen molar-refractivity contribution in [2.75, 3.05) is 18.4 Å². The Morgan fingerprint density at radius 1 is 1.19 bits per heavy atom. The molecule has 1 heterocycles. The molecule has 0 saturated carbocycles. The number of benzene rings is 2. The highest BCUT2D eigenvalue weighted by atomic mass is 35.5. The van der Waals surface area contributed by atoms with Crippen molar-refractivity contribution < 1.29 is 9.59 Å². The van der Waals surface area contributed by atoms with Crippen LogP contribution in [0, 0.1) is 5.92 Å². The number of hydrogen-bond acceptors (Lipinski definition) is 3. The van der Waals surface area contributed by atoms with Gasteiger partial charge in [-0.15, -0.1) is 0 Å². The number of hydrogen-bond donors (Lipinski definition) is 1. The minimum Gasteiger partial charge on any atom is -0.326 e. The Labute approximate surface area is 159 Å². The van der Waals surface area contributed by atoms with Gasteiger partial charge in [0.25, 0.3) is 0 Å².